The Kier molecular flexibility index (Phi) is 5.61. The van der Waals surface area contributed by atoms with Crippen molar-refractivity contribution in [3.05, 3.63) is 17.3 Å². The molecule has 0 saturated carbocycles. The second-order valence-corrected chi connectivity index (χ2v) is 3.96. The smallest absolute Gasteiger partial charge is 0.481 e. The van der Waals surface area contributed by atoms with Gasteiger partial charge in [0, 0.05) is 17.0 Å². The molecule has 0 N–H and O–H groups in total. The van der Waals surface area contributed by atoms with Crippen LogP contribution in [0.1, 0.15) is 23.0 Å². The molecular formula is C11H11BrF3NO4. The minimum atomic E-state index is -4.95. The molecule has 1 heterocycles. The maximum absolute atomic E-state index is 12.4. The van der Waals surface area contributed by atoms with E-state index in [1.54, 1.807) is 0 Å². The molecular weight excluding hydrogens is 347 g/mol. The molecule has 0 saturated heterocycles. The topological polar surface area (TPSA) is 57.7 Å². The number of methoxy groups -OCH3 is 1. The average Bonchev–Trinajstić information content (AvgIpc) is 2.37. The average molecular weight is 358 g/mol. The third-order valence-corrected chi connectivity index (χ3v) is 2.67. The Morgan fingerprint density at radius 3 is 2.55 bits per heavy atom. The van der Waals surface area contributed by atoms with E-state index in [2.05, 4.69) is 30.4 Å². The van der Waals surface area contributed by atoms with Crippen molar-refractivity contribution in [3.63, 3.8) is 0 Å². The van der Waals surface area contributed by atoms with Crippen LogP contribution in [0.5, 0.6) is 11.6 Å². The normalized spacial score (nSPS) is 11.1. The van der Waals surface area contributed by atoms with Crippen LogP contribution in [0.25, 0.3) is 0 Å². The summed E-state index contributed by atoms with van der Waals surface area (Å²) >= 11 is 3.02. The van der Waals surface area contributed by atoms with E-state index in [1.165, 1.54) is 20.1 Å². The van der Waals surface area contributed by atoms with E-state index in [9.17, 15) is 18.0 Å². The highest BCUT2D eigenvalue weighted by molar-refractivity contribution is 9.08. The van der Waals surface area contributed by atoms with Crippen molar-refractivity contribution in [1.29, 1.82) is 0 Å². The zero-order valence-corrected chi connectivity index (χ0v) is 12.2. The summed E-state index contributed by atoms with van der Waals surface area (Å²) in [6.07, 6.45) is -4.95. The summed E-state index contributed by atoms with van der Waals surface area (Å²) in [5, 5.41) is 0.0176. The van der Waals surface area contributed by atoms with Gasteiger partial charge in [-0.05, 0) is 6.92 Å². The highest BCUT2D eigenvalue weighted by Gasteiger charge is 2.35. The van der Waals surface area contributed by atoms with Gasteiger partial charge in [-0.1, -0.05) is 15.9 Å². The van der Waals surface area contributed by atoms with Gasteiger partial charge >= 0.3 is 12.3 Å². The van der Waals surface area contributed by atoms with Crippen molar-refractivity contribution in [2.75, 3.05) is 13.7 Å². The number of hydrogen-bond acceptors (Lipinski definition) is 5. The number of ether oxygens (including phenoxy) is 3. The predicted octanol–water partition coefficient (Wildman–Crippen LogP) is 3.06. The minimum absolute atomic E-state index is 0.00712. The van der Waals surface area contributed by atoms with Crippen LogP contribution in [0.4, 0.5) is 13.2 Å². The van der Waals surface area contributed by atoms with Gasteiger partial charge in [-0.25, -0.2) is 9.78 Å². The zero-order chi connectivity index (χ0) is 15.3. The monoisotopic (exact) mass is 357 g/mol. The Morgan fingerprint density at radius 2 is 2.10 bits per heavy atom. The summed E-state index contributed by atoms with van der Waals surface area (Å²) in [6, 6.07) is 1.23. The van der Waals surface area contributed by atoms with E-state index in [1.807, 2.05) is 0 Å². The Morgan fingerprint density at radius 1 is 1.45 bits per heavy atom. The number of esters is 1. The number of alkyl halides is 4. The third kappa shape index (κ3) is 4.26. The molecule has 0 aromatic carbocycles. The second-order valence-electron chi connectivity index (χ2n) is 3.40. The Balaban J connectivity index is 3.38. The summed E-state index contributed by atoms with van der Waals surface area (Å²) < 4.78 is 50.6. The van der Waals surface area contributed by atoms with Gasteiger partial charge in [0.1, 0.15) is 0 Å². The highest BCUT2D eigenvalue weighted by Crippen LogP contribution is 2.33. The van der Waals surface area contributed by atoms with Crippen molar-refractivity contribution in [1.82, 2.24) is 4.98 Å². The molecule has 5 nitrogen and oxygen atoms in total. The molecule has 0 radical (unpaired) electrons. The molecule has 1 aromatic heterocycles. The first-order chi connectivity index (χ1) is 9.32. The zero-order valence-electron chi connectivity index (χ0n) is 10.6. The summed E-state index contributed by atoms with van der Waals surface area (Å²) in [7, 11) is 1.28. The molecule has 0 bridgehead atoms. The molecule has 20 heavy (non-hydrogen) atoms. The summed E-state index contributed by atoms with van der Waals surface area (Å²) in [5.74, 6) is -1.74. The number of hydrogen-bond donors (Lipinski definition) is 0. The number of aromatic nitrogens is 1. The van der Waals surface area contributed by atoms with E-state index < -0.39 is 23.8 Å². The standard InChI is InChI=1S/C11H11BrF3NO4/c1-3-19-10(17)8-9(20-11(13,14)15)6(5-12)4-7(16-8)18-2/h4H,3,5H2,1-2H3. The quantitative estimate of drug-likeness (QED) is 0.598. The van der Waals surface area contributed by atoms with E-state index >= 15 is 0 Å². The molecule has 0 unspecified atom stereocenters. The largest absolute Gasteiger partial charge is 0.573 e. The van der Waals surface area contributed by atoms with Gasteiger partial charge in [-0.15, -0.1) is 13.2 Å². The summed E-state index contributed by atoms with van der Waals surface area (Å²) in [4.78, 5) is 15.3. The van der Waals surface area contributed by atoms with Gasteiger partial charge in [0.05, 0.1) is 13.7 Å². The van der Waals surface area contributed by atoms with Gasteiger partial charge in [0.15, 0.2) is 11.4 Å². The second kappa shape index (κ2) is 6.78. The molecule has 0 fully saturated rings. The molecule has 0 aliphatic carbocycles. The SMILES string of the molecule is CCOC(=O)c1nc(OC)cc(CBr)c1OC(F)(F)F. The van der Waals surface area contributed by atoms with Crippen LogP contribution in [0.3, 0.4) is 0 Å². The molecule has 0 atom stereocenters. The fraction of sp³-hybridized carbons (Fsp3) is 0.455. The van der Waals surface area contributed by atoms with E-state index in [-0.39, 0.29) is 23.4 Å². The van der Waals surface area contributed by atoms with Crippen molar-refractivity contribution in [3.8, 4) is 11.6 Å². The molecule has 0 aliphatic heterocycles. The van der Waals surface area contributed by atoms with Gasteiger partial charge in [0.2, 0.25) is 5.88 Å². The van der Waals surface area contributed by atoms with Crippen molar-refractivity contribution in [2.24, 2.45) is 0 Å². The van der Waals surface area contributed by atoms with Gasteiger partial charge in [-0.3, -0.25) is 0 Å². The highest BCUT2D eigenvalue weighted by atomic mass is 79.9. The fourth-order valence-electron chi connectivity index (χ4n) is 1.33. The Bertz CT molecular complexity index is 493. The molecule has 0 amide bonds. The first-order valence-corrected chi connectivity index (χ1v) is 6.51. The van der Waals surface area contributed by atoms with E-state index in [4.69, 9.17) is 4.74 Å². The maximum atomic E-state index is 12.4. The molecule has 1 aromatic rings. The number of pyridine rings is 1. The summed E-state index contributed by atoms with van der Waals surface area (Å²) in [6.45, 7) is 1.51. The van der Waals surface area contributed by atoms with Crippen LogP contribution in [0.2, 0.25) is 0 Å². The third-order valence-electron chi connectivity index (χ3n) is 2.07. The minimum Gasteiger partial charge on any atom is -0.481 e. The number of carbonyl (C=O) groups is 1. The number of halogens is 4. The number of nitrogens with zero attached hydrogens (tertiary/aromatic N) is 1. The molecule has 1 rings (SSSR count). The van der Waals surface area contributed by atoms with Gasteiger partial charge in [0.25, 0.3) is 0 Å². The maximum Gasteiger partial charge on any atom is 0.573 e. The lowest BCUT2D eigenvalue weighted by atomic mass is 10.2. The molecule has 112 valence electrons. The van der Waals surface area contributed by atoms with Crippen LogP contribution in [0, 0.1) is 0 Å². The first kappa shape index (κ1) is 16.5. The number of carbonyl (C=O) groups excluding carboxylic acids is 1. The lowest BCUT2D eigenvalue weighted by Crippen LogP contribution is -2.21. The lowest BCUT2D eigenvalue weighted by molar-refractivity contribution is -0.275. The lowest BCUT2D eigenvalue weighted by Gasteiger charge is -2.16. The number of rotatable bonds is 5. The fourth-order valence-corrected chi connectivity index (χ4v) is 1.75. The molecule has 0 aliphatic rings. The van der Waals surface area contributed by atoms with Crippen LogP contribution >= 0.6 is 15.9 Å². The Labute approximate surface area is 121 Å². The van der Waals surface area contributed by atoms with Gasteiger partial charge < -0.3 is 14.2 Å². The summed E-state index contributed by atoms with van der Waals surface area (Å²) in [5.41, 5.74) is -0.518. The van der Waals surface area contributed by atoms with Crippen molar-refractivity contribution >= 4 is 21.9 Å². The van der Waals surface area contributed by atoms with Crippen molar-refractivity contribution in [2.45, 2.75) is 18.6 Å². The molecule has 9 heteroatoms. The van der Waals surface area contributed by atoms with Crippen molar-refractivity contribution < 1.29 is 32.2 Å². The first-order valence-electron chi connectivity index (χ1n) is 5.39. The van der Waals surface area contributed by atoms with Gasteiger partial charge in [-0.2, -0.15) is 0 Å². The van der Waals surface area contributed by atoms with E-state index in [0.29, 0.717) is 0 Å². The van der Waals surface area contributed by atoms with Crippen LogP contribution in [0.15, 0.2) is 6.07 Å². The Hall–Kier alpha value is -1.51. The predicted molar refractivity (Wildman–Crippen MR) is 66.1 cm³/mol. The van der Waals surface area contributed by atoms with Crippen LogP contribution in [-0.2, 0) is 10.1 Å². The van der Waals surface area contributed by atoms with E-state index in [0.717, 1.165) is 0 Å². The van der Waals surface area contributed by atoms with Crippen LogP contribution in [-0.4, -0.2) is 31.0 Å². The molecule has 0 spiro atoms. The van der Waals surface area contributed by atoms with Crippen LogP contribution < -0.4 is 9.47 Å².